The number of hydrazine groups is 1. The van der Waals surface area contributed by atoms with Crippen molar-refractivity contribution in [1.29, 1.82) is 0 Å². The van der Waals surface area contributed by atoms with Gasteiger partial charge in [-0.3, -0.25) is 5.43 Å². The van der Waals surface area contributed by atoms with Crippen LogP contribution in [0, 0.1) is 6.92 Å². The number of aromatic hydroxyl groups is 1. The zero-order valence-electron chi connectivity index (χ0n) is 15.9. The first-order chi connectivity index (χ1) is 12.5. The first-order valence-electron chi connectivity index (χ1n) is 9.18. The van der Waals surface area contributed by atoms with Crippen molar-refractivity contribution >= 4 is 0 Å². The van der Waals surface area contributed by atoms with Crippen molar-refractivity contribution in [1.82, 2.24) is 10.9 Å². The third-order valence-electron chi connectivity index (χ3n) is 4.99. The topological polar surface area (TPSA) is 62.8 Å². The molecule has 5 nitrogen and oxygen atoms in total. The van der Waals surface area contributed by atoms with Crippen molar-refractivity contribution in [3.05, 3.63) is 53.1 Å². The SMILES string of the molecule is CCCc1ccc(OC2C(C)NNC2c2ccc(OC)c(C)c2O)cc1. The van der Waals surface area contributed by atoms with E-state index in [4.69, 9.17) is 9.47 Å². The highest BCUT2D eigenvalue weighted by Crippen LogP contribution is 2.37. The molecule has 3 rings (SSSR count). The molecule has 0 bridgehead atoms. The Bertz CT molecular complexity index is 746. The van der Waals surface area contributed by atoms with E-state index in [-0.39, 0.29) is 23.9 Å². The predicted octanol–water partition coefficient (Wildman–Crippen LogP) is 3.65. The largest absolute Gasteiger partial charge is 0.507 e. The molecule has 1 saturated heterocycles. The van der Waals surface area contributed by atoms with Gasteiger partial charge in [0.25, 0.3) is 0 Å². The Hall–Kier alpha value is -2.24. The van der Waals surface area contributed by atoms with Crippen LogP contribution in [0.25, 0.3) is 0 Å². The lowest BCUT2D eigenvalue weighted by Gasteiger charge is -2.24. The number of benzene rings is 2. The molecule has 0 spiro atoms. The number of phenols is 1. The zero-order valence-corrected chi connectivity index (χ0v) is 15.9. The lowest BCUT2D eigenvalue weighted by molar-refractivity contribution is 0.170. The summed E-state index contributed by atoms with van der Waals surface area (Å²) in [5.74, 6) is 1.75. The number of aryl methyl sites for hydroxylation is 1. The Morgan fingerprint density at radius 3 is 2.46 bits per heavy atom. The van der Waals surface area contributed by atoms with Crippen LogP contribution in [0.15, 0.2) is 36.4 Å². The summed E-state index contributed by atoms with van der Waals surface area (Å²) in [6, 6.07) is 12.0. The van der Waals surface area contributed by atoms with Crippen molar-refractivity contribution < 1.29 is 14.6 Å². The van der Waals surface area contributed by atoms with Crippen LogP contribution in [0.4, 0.5) is 0 Å². The molecule has 3 unspecified atom stereocenters. The Balaban J connectivity index is 1.83. The van der Waals surface area contributed by atoms with Gasteiger partial charge >= 0.3 is 0 Å². The van der Waals surface area contributed by atoms with E-state index in [1.165, 1.54) is 5.56 Å². The van der Waals surface area contributed by atoms with Crippen LogP contribution in [-0.4, -0.2) is 24.4 Å². The van der Waals surface area contributed by atoms with Gasteiger partial charge in [0.2, 0.25) is 0 Å². The van der Waals surface area contributed by atoms with Crippen molar-refractivity contribution in [2.75, 3.05) is 7.11 Å². The summed E-state index contributed by atoms with van der Waals surface area (Å²) >= 11 is 0. The Labute approximate surface area is 155 Å². The van der Waals surface area contributed by atoms with E-state index in [1.54, 1.807) is 7.11 Å². The Morgan fingerprint density at radius 2 is 1.81 bits per heavy atom. The van der Waals surface area contributed by atoms with Crippen molar-refractivity contribution in [2.45, 2.75) is 51.8 Å². The summed E-state index contributed by atoms with van der Waals surface area (Å²) < 4.78 is 11.6. The second-order valence-electron chi connectivity index (χ2n) is 6.86. The van der Waals surface area contributed by atoms with Gasteiger partial charge < -0.3 is 14.6 Å². The molecule has 0 radical (unpaired) electrons. The summed E-state index contributed by atoms with van der Waals surface area (Å²) in [7, 11) is 1.60. The lowest BCUT2D eigenvalue weighted by atomic mass is 9.96. The molecule has 0 aromatic heterocycles. The minimum atomic E-state index is -0.162. The minimum absolute atomic E-state index is 0.0946. The van der Waals surface area contributed by atoms with E-state index in [9.17, 15) is 5.11 Å². The number of hydrogen-bond donors (Lipinski definition) is 3. The van der Waals surface area contributed by atoms with Crippen LogP contribution >= 0.6 is 0 Å². The van der Waals surface area contributed by atoms with Gasteiger partial charge in [0.1, 0.15) is 23.4 Å². The zero-order chi connectivity index (χ0) is 18.7. The number of hydrogen-bond acceptors (Lipinski definition) is 5. The van der Waals surface area contributed by atoms with Gasteiger partial charge in [-0.15, -0.1) is 0 Å². The van der Waals surface area contributed by atoms with Gasteiger partial charge in [0.15, 0.2) is 0 Å². The van der Waals surface area contributed by atoms with Crippen LogP contribution < -0.4 is 20.3 Å². The molecule has 2 aromatic carbocycles. The summed E-state index contributed by atoms with van der Waals surface area (Å²) in [6.45, 7) is 6.10. The van der Waals surface area contributed by atoms with E-state index in [1.807, 2.05) is 31.2 Å². The smallest absolute Gasteiger partial charge is 0.136 e. The number of nitrogens with one attached hydrogen (secondary N) is 2. The molecular weight excluding hydrogens is 328 g/mol. The molecule has 3 atom stereocenters. The molecule has 26 heavy (non-hydrogen) atoms. The quantitative estimate of drug-likeness (QED) is 0.737. The number of phenolic OH excluding ortho intramolecular Hbond substituents is 1. The normalized spacial score (nSPS) is 22.4. The molecule has 3 N–H and O–H groups in total. The standard InChI is InChI=1S/C21H28N2O3/c1-5-6-15-7-9-16(10-8-15)26-21-14(3)22-23-19(21)17-11-12-18(25-4)13(2)20(17)24/h7-12,14,19,21-24H,5-6H2,1-4H3. The molecular formula is C21H28N2O3. The fourth-order valence-corrected chi connectivity index (χ4v) is 3.45. The van der Waals surface area contributed by atoms with Crippen LogP contribution in [0.5, 0.6) is 17.2 Å². The van der Waals surface area contributed by atoms with Gasteiger partial charge in [-0.05, 0) is 50.1 Å². The monoisotopic (exact) mass is 356 g/mol. The predicted molar refractivity (Wildman–Crippen MR) is 103 cm³/mol. The van der Waals surface area contributed by atoms with Crippen LogP contribution in [-0.2, 0) is 6.42 Å². The molecule has 1 heterocycles. The molecule has 0 aliphatic carbocycles. The van der Waals surface area contributed by atoms with Crippen molar-refractivity contribution in [3.8, 4) is 17.2 Å². The summed E-state index contributed by atoms with van der Waals surface area (Å²) in [5.41, 5.74) is 9.33. The molecule has 2 aromatic rings. The number of rotatable bonds is 6. The van der Waals surface area contributed by atoms with E-state index in [0.29, 0.717) is 5.75 Å². The van der Waals surface area contributed by atoms with Gasteiger partial charge in [-0.1, -0.05) is 25.5 Å². The third-order valence-corrected chi connectivity index (χ3v) is 4.99. The highest BCUT2D eigenvalue weighted by molar-refractivity contribution is 5.50. The molecule has 1 fully saturated rings. The van der Waals surface area contributed by atoms with Gasteiger partial charge in [-0.2, -0.15) is 0 Å². The lowest BCUT2D eigenvalue weighted by Crippen LogP contribution is -2.33. The Kier molecular flexibility index (Phi) is 5.69. The average molecular weight is 356 g/mol. The molecule has 140 valence electrons. The van der Waals surface area contributed by atoms with Gasteiger partial charge in [0.05, 0.1) is 19.2 Å². The van der Waals surface area contributed by atoms with Crippen molar-refractivity contribution in [2.24, 2.45) is 0 Å². The maximum Gasteiger partial charge on any atom is 0.136 e. The molecule has 1 aliphatic heterocycles. The van der Waals surface area contributed by atoms with E-state index in [0.717, 1.165) is 29.7 Å². The second kappa shape index (κ2) is 7.98. The third kappa shape index (κ3) is 3.64. The fourth-order valence-electron chi connectivity index (χ4n) is 3.45. The van der Waals surface area contributed by atoms with E-state index >= 15 is 0 Å². The summed E-state index contributed by atoms with van der Waals surface area (Å²) in [5, 5.41) is 10.6. The van der Waals surface area contributed by atoms with Crippen LogP contribution in [0.2, 0.25) is 0 Å². The van der Waals surface area contributed by atoms with E-state index < -0.39 is 0 Å². The number of ether oxygens (including phenoxy) is 2. The maximum absolute atomic E-state index is 10.6. The van der Waals surface area contributed by atoms with Gasteiger partial charge in [-0.25, -0.2) is 5.43 Å². The Morgan fingerprint density at radius 1 is 1.08 bits per heavy atom. The van der Waals surface area contributed by atoms with Crippen LogP contribution in [0.3, 0.4) is 0 Å². The van der Waals surface area contributed by atoms with Gasteiger partial charge in [0, 0.05) is 11.1 Å². The second-order valence-corrected chi connectivity index (χ2v) is 6.86. The average Bonchev–Trinajstić information content (AvgIpc) is 3.00. The summed E-state index contributed by atoms with van der Waals surface area (Å²) in [6.07, 6.45) is 2.06. The molecule has 0 saturated carbocycles. The highest BCUT2D eigenvalue weighted by Gasteiger charge is 2.37. The first-order valence-corrected chi connectivity index (χ1v) is 9.18. The van der Waals surface area contributed by atoms with Crippen molar-refractivity contribution in [3.63, 3.8) is 0 Å². The van der Waals surface area contributed by atoms with E-state index in [2.05, 4.69) is 36.8 Å². The summed E-state index contributed by atoms with van der Waals surface area (Å²) in [4.78, 5) is 0. The first kappa shape index (κ1) is 18.5. The number of methoxy groups -OCH3 is 1. The molecule has 5 heteroatoms. The fraction of sp³-hybridized carbons (Fsp3) is 0.429. The molecule has 0 amide bonds. The highest BCUT2D eigenvalue weighted by atomic mass is 16.5. The molecule has 1 aliphatic rings. The van der Waals surface area contributed by atoms with Crippen LogP contribution in [0.1, 0.15) is 43.0 Å². The minimum Gasteiger partial charge on any atom is -0.507 e. The maximum atomic E-state index is 10.6.